The molecule has 9 nitrogen and oxygen atoms in total. The molecule has 0 amide bonds. The summed E-state index contributed by atoms with van der Waals surface area (Å²) in [6.45, 7) is 13.6. The molecule has 9 heteroatoms. The molecular weight excluding hydrogens is 540 g/mol. The quantitative estimate of drug-likeness (QED) is 0.403. The second-order valence-electron chi connectivity index (χ2n) is 14.3. The molecule has 0 unspecified atom stereocenters. The zero-order valence-electron chi connectivity index (χ0n) is 26.3. The van der Waals surface area contributed by atoms with Crippen LogP contribution in [-0.2, 0) is 43.0 Å². The van der Waals surface area contributed by atoms with Crippen LogP contribution in [0.1, 0.15) is 93.9 Å². The van der Waals surface area contributed by atoms with Crippen molar-refractivity contribution < 1.29 is 43.0 Å². The van der Waals surface area contributed by atoms with Crippen LogP contribution >= 0.6 is 0 Å². The van der Waals surface area contributed by atoms with E-state index < -0.39 is 69.2 Å². The Labute approximate surface area is 247 Å². The van der Waals surface area contributed by atoms with Crippen molar-refractivity contribution in [2.45, 2.75) is 100 Å². The molecule has 4 rings (SSSR count). The first-order valence-corrected chi connectivity index (χ1v) is 15.0. The molecule has 4 aliphatic carbocycles. The molecule has 230 valence electrons. The van der Waals surface area contributed by atoms with Crippen molar-refractivity contribution in [2.75, 3.05) is 7.11 Å². The van der Waals surface area contributed by atoms with Crippen molar-refractivity contribution in [1.82, 2.24) is 0 Å². The first kappa shape index (κ1) is 32.0. The van der Waals surface area contributed by atoms with Crippen LogP contribution in [0.25, 0.3) is 0 Å². The van der Waals surface area contributed by atoms with E-state index in [1.54, 1.807) is 20.8 Å². The van der Waals surface area contributed by atoms with Crippen LogP contribution in [0.5, 0.6) is 0 Å². The Bertz CT molecular complexity index is 1320. The van der Waals surface area contributed by atoms with Gasteiger partial charge in [0.1, 0.15) is 17.3 Å². The molecular formula is C33H44O9. The third-order valence-corrected chi connectivity index (χ3v) is 11.7. The molecule has 0 heterocycles. The molecule has 2 fully saturated rings. The van der Waals surface area contributed by atoms with E-state index in [4.69, 9.17) is 9.47 Å². The summed E-state index contributed by atoms with van der Waals surface area (Å²) < 4.78 is 10.6. The van der Waals surface area contributed by atoms with E-state index in [9.17, 15) is 33.6 Å². The van der Waals surface area contributed by atoms with E-state index in [-0.39, 0.29) is 66.4 Å². The summed E-state index contributed by atoms with van der Waals surface area (Å²) in [7, 11) is 1.26. The number of ketones is 5. The highest BCUT2D eigenvalue weighted by molar-refractivity contribution is 6.18. The van der Waals surface area contributed by atoms with Gasteiger partial charge >= 0.3 is 11.9 Å². The second-order valence-corrected chi connectivity index (χ2v) is 14.3. The maximum absolute atomic E-state index is 14.6. The van der Waals surface area contributed by atoms with Gasteiger partial charge in [-0.1, -0.05) is 41.5 Å². The molecule has 0 spiro atoms. The summed E-state index contributed by atoms with van der Waals surface area (Å²) in [5.41, 5.74) is -4.00. The Morgan fingerprint density at radius 1 is 0.905 bits per heavy atom. The molecule has 4 aliphatic rings. The summed E-state index contributed by atoms with van der Waals surface area (Å²) >= 11 is 0. The highest BCUT2D eigenvalue weighted by Gasteiger charge is 2.74. The third-order valence-electron chi connectivity index (χ3n) is 11.7. The van der Waals surface area contributed by atoms with Gasteiger partial charge in [0.2, 0.25) is 5.78 Å². The van der Waals surface area contributed by atoms with Crippen LogP contribution in [0.3, 0.4) is 0 Å². The van der Waals surface area contributed by atoms with E-state index >= 15 is 0 Å². The van der Waals surface area contributed by atoms with E-state index in [1.807, 2.05) is 27.7 Å². The van der Waals surface area contributed by atoms with Crippen molar-refractivity contribution in [2.24, 2.45) is 45.3 Å². The number of esters is 2. The summed E-state index contributed by atoms with van der Waals surface area (Å²) in [4.78, 5) is 93.3. The number of hydrogen-bond acceptors (Lipinski definition) is 9. The number of methoxy groups -OCH3 is 1. The molecule has 0 aromatic rings. The summed E-state index contributed by atoms with van der Waals surface area (Å²) in [5.74, 6) is -4.39. The van der Waals surface area contributed by atoms with Crippen molar-refractivity contribution in [1.29, 1.82) is 0 Å². The summed E-state index contributed by atoms with van der Waals surface area (Å²) in [5, 5.41) is 0. The lowest BCUT2D eigenvalue weighted by molar-refractivity contribution is -0.175. The maximum atomic E-state index is 14.6. The molecule has 0 radical (unpaired) electrons. The highest BCUT2D eigenvalue weighted by atomic mass is 16.5. The topological polar surface area (TPSA) is 138 Å². The minimum absolute atomic E-state index is 0.00717. The first-order valence-electron chi connectivity index (χ1n) is 15.0. The van der Waals surface area contributed by atoms with Crippen LogP contribution in [0.2, 0.25) is 0 Å². The number of hydrogen-bond donors (Lipinski definition) is 0. The SMILES string of the molecule is COC(=O)[C@H](C)CC(=O)C[C@@H](C)[C@H]1CC(=O)[C@@]2(C)C3=C(C(=O)[C@@H](OC(C)=O)[C@]12C)[C@@]1(C)CCC(=O)C(C)(C)[C@@H]1CC3=O. The maximum Gasteiger partial charge on any atom is 0.308 e. The fourth-order valence-electron chi connectivity index (χ4n) is 9.19. The normalized spacial score (nSPS) is 36.9. The zero-order chi connectivity index (χ0) is 31.7. The Hall–Kier alpha value is -2.97. The number of Topliss-reactive ketones (excluding diaryl/α,β-unsaturated/α-hetero) is 5. The predicted molar refractivity (Wildman–Crippen MR) is 151 cm³/mol. The molecule has 0 aromatic heterocycles. The standard InChI is InChI=1S/C33H44O9/c1-16(12-19(35)13-17(2)29(40)41-9)20-14-24(38)33(8)25-21(36)15-22-30(4,5)23(37)10-11-31(22,6)26(25)27(39)28(32(20,33)7)42-18(3)34/h16-17,20,22,28H,10-15H2,1-9H3/t16-,17-,20-,22+,28-,31+,32+,33+/m1/s1. The Kier molecular flexibility index (Phi) is 7.86. The predicted octanol–water partition coefficient (Wildman–Crippen LogP) is 4.18. The summed E-state index contributed by atoms with van der Waals surface area (Å²) in [6.07, 6.45) is -0.675. The number of ether oxygens (including phenoxy) is 2. The number of carbonyl (C=O) groups is 7. The van der Waals surface area contributed by atoms with Gasteiger partial charge < -0.3 is 9.47 Å². The van der Waals surface area contributed by atoms with E-state index in [0.29, 0.717) is 6.42 Å². The second kappa shape index (κ2) is 10.3. The highest BCUT2D eigenvalue weighted by Crippen LogP contribution is 2.70. The van der Waals surface area contributed by atoms with Gasteiger partial charge in [-0.25, -0.2) is 0 Å². The van der Waals surface area contributed by atoms with Gasteiger partial charge in [0, 0.05) is 66.4 Å². The van der Waals surface area contributed by atoms with Crippen LogP contribution in [-0.4, -0.2) is 54.1 Å². The molecule has 42 heavy (non-hydrogen) atoms. The largest absolute Gasteiger partial charge is 0.469 e. The molecule has 0 aliphatic heterocycles. The number of allylic oxidation sites excluding steroid dienone is 1. The van der Waals surface area contributed by atoms with Gasteiger partial charge in [0.15, 0.2) is 11.9 Å². The molecule has 0 bridgehead atoms. The molecule has 0 saturated heterocycles. The lowest BCUT2D eigenvalue weighted by Gasteiger charge is -2.59. The first-order chi connectivity index (χ1) is 19.3. The fourth-order valence-corrected chi connectivity index (χ4v) is 9.19. The van der Waals surface area contributed by atoms with Crippen molar-refractivity contribution in [3.63, 3.8) is 0 Å². The van der Waals surface area contributed by atoms with Crippen LogP contribution in [0.15, 0.2) is 11.1 Å². The van der Waals surface area contributed by atoms with Crippen molar-refractivity contribution in [3.8, 4) is 0 Å². The molecule has 0 aromatic carbocycles. The lowest BCUT2D eigenvalue weighted by Crippen LogP contribution is -2.64. The zero-order valence-corrected chi connectivity index (χ0v) is 26.3. The van der Waals surface area contributed by atoms with Gasteiger partial charge in [-0.2, -0.15) is 0 Å². The Balaban J connectivity index is 1.86. The van der Waals surface area contributed by atoms with Crippen LogP contribution in [0, 0.1) is 45.3 Å². The van der Waals surface area contributed by atoms with Crippen LogP contribution < -0.4 is 0 Å². The molecule has 2 saturated carbocycles. The van der Waals surface area contributed by atoms with E-state index in [0.717, 1.165) is 0 Å². The summed E-state index contributed by atoms with van der Waals surface area (Å²) in [6, 6.07) is 0. The van der Waals surface area contributed by atoms with Gasteiger partial charge in [0.05, 0.1) is 18.4 Å². The smallest absolute Gasteiger partial charge is 0.308 e. The molecule has 8 atom stereocenters. The van der Waals surface area contributed by atoms with Gasteiger partial charge in [-0.05, 0) is 31.1 Å². The number of carbonyl (C=O) groups excluding carboxylic acids is 7. The third kappa shape index (κ3) is 4.28. The van der Waals surface area contributed by atoms with Gasteiger partial charge in [-0.3, -0.25) is 33.6 Å². The van der Waals surface area contributed by atoms with Crippen molar-refractivity contribution in [3.05, 3.63) is 11.1 Å². The van der Waals surface area contributed by atoms with E-state index in [2.05, 4.69) is 0 Å². The number of rotatable bonds is 7. The minimum atomic E-state index is -1.44. The average Bonchev–Trinajstić information content (AvgIpc) is 3.11. The molecule has 0 N–H and O–H groups in total. The van der Waals surface area contributed by atoms with Crippen molar-refractivity contribution >= 4 is 40.9 Å². The minimum Gasteiger partial charge on any atom is -0.469 e. The van der Waals surface area contributed by atoms with Crippen LogP contribution in [0.4, 0.5) is 0 Å². The average molecular weight is 585 g/mol. The van der Waals surface area contributed by atoms with Gasteiger partial charge in [-0.15, -0.1) is 0 Å². The Morgan fingerprint density at radius 3 is 2.10 bits per heavy atom. The Morgan fingerprint density at radius 2 is 1.52 bits per heavy atom. The fraction of sp³-hybridized carbons (Fsp3) is 0.727. The van der Waals surface area contributed by atoms with E-state index in [1.165, 1.54) is 14.0 Å². The number of fused-ring (bicyclic) bond motifs is 4. The lowest BCUT2D eigenvalue weighted by atomic mass is 9.42. The monoisotopic (exact) mass is 584 g/mol. The van der Waals surface area contributed by atoms with Gasteiger partial charge in [0.25, 0.3) is 0 Å².